The molecule has 2 aromatic rings. The molecule has 0 aromatic heterocycles. The van der Waals surface area contributed by atoms with Gasteiger partial charge in [0.2, 0.25) is 0 Å². The van der Waals surface area contributed by atoms with Crippen LogP contribution in [0.2, 0.25) is 0 Å². The summed E-state index contributed by atoms with van der Waals surface area (Å²) in [5, 5.41) is 9.47. The van der Waals surface area contributed by atoms with E-state index in [0.717, 1.165) is 32.2 Å². The van der Waals surface area contributed by atoms with Gasteiger partial charge in [-0.3, -0.25) is 0 Å². The number of ether oxygens (including phenoxy) is 2. The SMILES string of the molecule is COc1cc(CSc2cccc(O)c2)c(OC)cc1Br. The van der Waals surface area contributed by atoms with E-state index in [4.69, 9.17) is 9.47 Å². The summed E-state index contributed by atoms with van der Waals surface area (Å²) in [7, 11) is 3.29. The molecule has 0 atom stereocenters. The van der Waals surface area contributed by atoms with Crippen molar-refractivity contribution in [2.75, 3.05) is 14.2 Å². The van der Waals surface area contributed by atoms with Gasteiger partial charge in [0.15, 0.2) is 0 Å². The third-order valence-corrected chi connectivity index (χ3v) is 4.43. The van der Waals surface area contributed by atoms with Gasteiger partial charge in [0, 0.05) is 16.2 Å². The Bertz CT molecular complexity index is 602. The van der Waals surface area contributed by atoms with Crippen LogP contribution in [0.4, 0.5) is 0 Å². The topological polar surface area (TPSA) is 38.7 Å². The minimum atomic E-state index is 0.273. The molecule has 20 heavy (non-hydrogen) atoms. The van der Waals surface area contributed by atoms with Crippen LogP contribution in [0, 0.1) is 0 Å². The number of hydrogen-bond donors (Lipinski definition) is 1. The van der Waals surface area contributed by atoms with Crippen LogP contribution < -0.4 is 9.47 Å². The van der Waals surface area contributed by atoms with Crippen LogP contribution in [0.25, 0.3) is 0 Å². The van der Waals surface area contributed by atoms with Gasteiger partial charge >= 0.3 is 0 Å². The fraction of sp³-hybridized carbons (Fsp3) is 0.200. The van der Waals surface area contributed by atoms with Gasteiger partial charge in [-0.25, -0.2) is 0 Å². The Morgan fingerprint density at radius 3 is 2.50 bits per heavy atom. The van der Waals surface area contributed by atoms with E-state index in [1.165, 1.54) is 0 Å². The molecule has 0 saturated heterocycles. The molecule has 0 aliphatic heterocycles. The summed E-state index contributed by atoms with van der Waals surface area (Å²) in [5.74, 6) is 2.59. The molecule has 0 radical (unpaired) electrons. The summed E-state index contributed by atoms with van der Waals surface area (Å²) < 4.78 is 11.6. The first-order valence-corrected chi connectivity index (χ1v) is 7.74. The summed E-state index contributed by atoms with van der Waals surface area (Å²) in [6, 6.07) is 11.1. The largest absolute Gasteiger partial charge is 0.508 e. The van der Waals surface area contributed by atoms with E-state index in [0.29, 0.717) is 0 Å². The van der Waals surface area contributed by atoms with E-state index in [1.54, 1.807) is 38.1 Å². The monoisotopic (exact) mass is 354 g/mol. The van der Waals surface area contributed by atoms with Gasteiger partial charge in [0.05, 0.1) is 18.7 Å². The molecule has 0 amide bonds. The molecule has 0 unspecified atom stereocenters. The van der Waals surface area contributed by atoms with Crippen molar-refractivity contribution in [1.82, 2.24) is 0 Å². The highest BCUT2D eigenvalue weighted by Gasteiger charge is 2.10. The Kier molecular flexibility index (Phi) is 5.20. The second-order valence-corrected chi connectivity index (χ2v) is 5.99. The second-order valence-electron chi connectivity index (χ2n) is 4.08. The molecule has 2 rings (SSSR count). The maximum atomic E-state index is 9.47. The van der Waals surface area contributed by atoms with Crippen molar-refractivity contribution in [3.63, 3.8) is 0 Å². The highest BCUT2D eigenvalue weighted by molar-refractivity contribution is 9.10. The first-order valence-electron chi connectivity index (χ1n) is 5.96. The zero-order valence-electron chi connectivity index (χ0n) is 11.2. The molecule has 0 aliphatic carbocycles. The van der Waals surface area contributed by atoms with E-state index < -0.39 is 0 Å². The van der Waals surface area contributed by atoms with Crippen LogP contribution >= 0.6 is 27.7 Å². The highest BCUT2D eigenvalue weighted by atomic mass is 79.9. The van der Waals surface area contributed by atoms with Gasteiger partial charge in [0.1, 0.15) is 17.2 Å². The highest BCUT2D eigenvalue weighted by Crippen LogP contribution is 2.36. The van der Waals surface area contributed by atoms with Crippen molar-refractivity contribution >= 4 is 27.7 Å². The molecular weight excluding hydrogens is 340 g/mol. The smallest absolute Gasteiger partial charge is 0.133 e. The summed E-state index contributed by atoms with van der Waals surface area (Å²) >= 11 is 5.07. The van der Waals surface area contributed by atoms with Gasteiger partial charge in [-0.05, 0) is 46.3 Å². The van der Waals surface area contributed by atoms with Crippen molar-refractivity contribution in [1.29, 1.82) is 0 Å². The average Bonchev–Trinajstić information content (AvgIpc) is 2.45. The summed E-state index contributed by atoms with van der Waals surface area (Å²) in [6.45, 7) is 0. The van der Waals surface area contributed by atoms with E-state index in [-0.39, 0.29) is 5.75 Å². The van der Waals surface area contributed by atoms with E-state index in [1.807, 2.05) is 24.3 Å². The Balaban J connectivity index is 2.20. The summed E-state index contributed by atoms with van der Waals surface area (Å²) in [4.78, 5) is 1.01. The van der Waals surface area contributed by atoms with Crippen LogP contribution in [0.3, 0.4) is 0 Å². The fourth-order valence-corrected chi connectivity index (χ4v) is 3.18. The lowest BCUT2D eigenvalue weighted by Crippen LogP contribution is -1.93. The number of hydrogen-bond acceptors (Lipinski definition) is 4. The number of halogens is 1. The van der Waals surface area contributed by atoms with Gasteiger partial charge in [0.25, 0.3) is 0 Å². The van der Waals surface area contributed by atoms with Gasteiger partial charge in [-0.15, -0.1) is 11.8 Å². The van der Waals surface area contributed by atoms with Crippen LogP contribution in [-0.2, 0) is 5.75 Å². The number of phenolic OH excluding ortho intramolecular Hbond substituents is 1. The molecular formula is C15H15BrO3S. The van der Waals surface area contributed by atoms with E-state index in [9.17, 15) is 5.11 Å². The minimum absolute atomic E-state index is 0.273. The molecule has 106 valence electrons. The zero-order valence-corrected chi connectivity index (χ0v) is 13.6. The van der Waals surface area contributed by atoms with Crippen molar-refractivity contribution in [3.8, 4) is 17.2 Å². The lowest BCUT2D eigenvalue weighted by Gasteiger charge is -2.12. The first kappa shape index (κ1) is 15.1. The third kappa shape index (κ3) is 3.61. The maximum absolute atomic E-state index is 9.47. The normalized spacial score (nSPS) is 10.3. The molecule has 0 fully saturated rings. The molecule has 5 heteroatoms. The Morgan fingerprint density at radius 2 is 1.85 bits per heavy atom. The standard InChI is InChI=1S/C15H15BrO3S/c1-18-14-8-13(16)15(19-2)6-10(14)9-20-12-5-3-4-11(17)7-12/h3-8,17H,9H2,1-2H3. The second kappa shape index (κ2) is 6.90. The fourth-order valence-electron chi connectivity index (χ4n) is 1.77. The quantitative estimate of drug-likeness (QED) is 0.804. The molecule has 0 aliphatic rings. The predicted octanol–water partition coefficient (Wildman–Crippen LogP) is 4.46. The van der Waals surface area contributed by atoms with Gasteiger partial charge in [-0.2, -0.15) is 0 Å². The molecule has 0 heterocycles. The lowest BCUT2D eigenvalue weighted by atomic mass is 10.2. The Morgan fingerprint density at radius 1 is 1.10 bits per heavy atom. The zero-order chi connectivity index (χ0) is 14.5. The number of rotatable bonds is 5. The van der Waals surface area contributed by atoms with Crippen molar-refractivity contribution in [3.05, 3.63) is 46.4 Å². The number of methoxy groups -OCH3 is 2. The summed E-state index contributed by atoms with van der Waals surface area (Å²) in [5.41, 5.74) is 1.04. The number of aromatic hydroxyl groups is 1. The number of phenols is 1. The van der Waals surface area contributed by atoms with Crippen molar-refractivity contribution in [2.24, 2.45) is 0 Å². The van der Waals surface area contributed by atoms with Crippen molar-refractivity contribution < 1.29 is 14.6 Å². The first-order chi connectivity index (χ1) is 9.63. The van der Waals surface area contributed by atoms with Crippen LogP contribution in [0.1, 0.15) is 5.56 Å². The van der Waals surface area contributed by atoms with E-state index >= 15 is 0 Å². The predicted molar refractivity (Wildman–Crippen MR) is 84.9 cm³/mol. The van der Waals surface area contributed by atoms with Gasteiger partial charge in [-0.1, -0.05) is 6.07 Å². The molecule has 0 saturated carbocycles. The van der Waals surface area contributed by atoms with Crippen molar-refractivity contribution in [2.45, 2.75) is 10.6 Å². The number of benzene rings is 2. The Hall–Kier alpha value is -1.33. The van der Waals surface area contributed by atoms with Crippen LogP contribution in [-0.4, -0.2) is 19.3 Å². The molecule has 2 aromatic carbocycles. The van der Waals surface area contributed by atoms with Crippen LogP contribution in [0.15, 0.2) is 45.8 Å². The molecule has 3 nitrogen and oxygen atoms in total. The van der Waals surface area contributed by atoms with Gasteiger partial charge < -0.3 is 14.6 Å². The average molecular weight is 355 g/mol. The molecule has 0 bridgehead atoms. The molecule has 0 spiro atoms. The third-order valence-electron chi connectivity index (χ3n) is 2.77. The Labute approximate surface area is 131 Å². The lowest BCUT2D eigenvalue weighted by molar-refractivity contribution is 0.398. The maximum Gasteiger partial charge on any atom is 0.133 e. The van der Waals surface area contributed by atoms with Crippen LogP contribution in [0.5, 0.6) is 17.2 Å². The summed E-state index contributed by atoms with van der Waals surface area (Å²) in [6.07, 6.45) is 0. The number of thioether (sulfide) groups is 1. The minimum Gasteiger partial charge on any atom is -0.508 e. The van der Waals surface area contributed by atoms with E-state index in [2.05, 4.69) is 15.9 Å². The molecule has 1 N–H and O–H groups in total.